The van der Waals surface area contributed by atoms with E-state index in [0.29, 0.717) is 18.8 Å². The number of amides is 1. The summed E-state index contributed by atoms with van der Waals surface area (Å²) in [4.78, 5) is 16.4. The van der Waals surface area contributed by atoms with E-state index in [2.05, 4.69) is 24.1 Å². The number of carbonyl (C=O) groups is 1. The zero-order valence-corrected chi connectivity index (χ0v) is 14.3. The van der Waals surface area contributed by atoms with Gasteiger partial charge in [0.15, 0.2) is 0 Å². The molecule has 1 amide bonds. The standard InChI is InChI=1S/C15H29N3O2.ClH/c1-12-9-17(10-13(2)20-12)11-14-4-6-18(7-5-14)15(19)8-16-3;/h12-14,16H,4-11H2,1-3H3;1H. The third-order valence-corrected chi connectivity index (χ3v) is 4.31. The molecule has 2 unspecified atom stereocenters. The Hall–Kier alpha value is -0.360. The first kappa shape index (κ1) is 18.7. The van der Waals surface area contributed by atoms with E-state index in [9.17, 15) is 4.79 Å². The number of hydrogen-bond donors (Lipinski definition) is 1. The molecule has 6 heteroatoms. The number of hydrogen-bond acceptors (Lipinski definition) is 4. The predicted octanol–water partition coefficient (Wildman–Crippen LogP) is 0.975. The van der Waals surface area contributed by atoms with Crippen LogP contribution in [0.1, 0.15) is 26.7 Å². The van der Waals surface area contributed by atoms with Gasteiger partial charge >= 0.3 is 0 Å². The Labute approximate surface area is 134 Å². The predicted molar refractivity (Wildman–Crippen MR) is 86.9 cm³/mol. The Bertz CT molecular complexity index is 312. The molecule has 2 rings (SSSR count). The van der Waals surface area contributed by atoms with E-state index in [4.69, 9.17) is 4.74 Å². The minimum Gasteiger partial charge on any atom is -0.373 e. The largest absolute Gasteiger partial charge is 0.373 e. The number of likely N-dealkylation sites (N-methyl/N-ethyl adjacent to an activating group) is 1. The second kappa shape index (κ2) is 8.93. The average molecular weight is 320 g/mol. The van der Waals surface area contributed by atoms with Crippen molar-refractivity contribution in [3.05, 3.63) is 0 Å². The normalized spacial score (nSPS) is 28.2. The molecule has 0 aliphatic carbocycles. The van der Waals surface area contributed by atoms with Crippen molar-refractivity contribution in [2.75, 3.05) is 46.3 Å². The van der Waals surface area contributed by atoms with Gasteiger partial charge in [-0.3, -0.25) is 9.69 Å². The fourth-order valence-corrected chi connectivity index (χ4v) is 3.43. The molecule has 2 fully saturated rings. The van der Waals surface area contributed by atoms with E-state index in [0.717, 1.165) is 51.5 Å². The lowest BCUT2D eigenvalue weighted by molar-refractivity contribution is -0.131. The molecule has 0 aromatic carbocycles. The summed E-state index contributed by atoms with van der Waals surface area (Å²) in [7, 11) is 1.82. The minimum absolute atomic E-state index is 0. The number of halogens is 1. The second-order valence-corrected chi connectivity index (χ2v) is 6.33. The second-order valence-electron chi connectivity index (χ2n) is 6.33. The van der Waals surface area contributed by atoms with Crippen LogP contribution in [0, 0.1) is 5.92 Å². The molecule has 21 heavy (non-hydrogen) atoms. The summed E-state index contributed by atoms with van der Waals surface area (Å²) in [5.74, 6) is 0.964. The number of carbonyl (C=O) groups excluding carboxylic acids is 1. The van der Waals surface area contributed by atoms with Crippen LogP contribution >= 0.6 is 12.4 Å². The van der Waals surface area contributed by atoms with Crippen LogP contribution < -0.4 is 5.32 Å². The molecule has 2 atom stereocenters. The first-order valence-electron chi connectivity index (χ1n) is 7.88. The topological polar surface area (TPSA) is 44.8 Å². The lowest BCUT2D eigenvalue weighted by Crippen LogP contribution is -2.49. The van der Waals surface area contributed by atoms with Crippen LogP contribution in [0.2, 0.25) is 0 Å². The summed E-state index contributed by atoms with van der Waals surface area (Å²) < 4.78 is 5.78. The van der Waals surface area contributed by atoms with Gasteiger partial charge < -0.3 is 15.0 Å². The summed E-state index contributed by atoms with van der Waals surface area (Å²) in [6.07, 6.45) is 2.96. The molecular weight excluding hydrogens is 290 g/mol. The highest BCUT2D eigenvalue weighted by Gasteiger charge is 2.27. The maximum atomic E-state index is 11.8. The van der Waals surface area contributed by atoms with E-state index in [1.807, 2.05) is 11.9 Å². The maximum Gasteiger partial charge on any atom is 0.236 e. The summed E-state index contributed by atoms with van der Waals surface area (Å²) in [6.45, 7) is 9.85. The lowest BCUT2D eigenvalue weighted by atomic mass is 9.95. The molecule has 0 saturated carbocycles. The molecule has 2 aliphatic rings. The van der Waals surface area contributed by atoms with Crippen molar-refractivity contribution < 1.29 is 9.53 Å². The molecule has 5 nitrogen and oxygen atoms in total. The molecule has 0 aromatic rings. The Morgan fingerprint density at radius 1 is 1.19 bits per heavy atom. The lowest BCUT2D eigenvalue weighted by Gasteiger charge is -2.39. The highest BCUT2D eigenvalue weighted by Crippen LogP contribution is 2.20. The number of nitrogens with zero attached hydrogens (tertiary/aromatic N) is 2. The van der Waals surface area contributed by atoms with Crippen LogP contribution in [0.3, 0.4) is 0 Å². The first-order chi connectivity index (χ1) is 9.58. The van der Waals surface area contributed by atoms with Crippen molar-refractivity contribution in [1.29, 1.82) is 0 Å². The molecular formula is C15H30ClN3O2. The molecule has 0 radical (unpaired) electrons. The van der Waals surface area contributed by atoms with Crippen LogP contribution in [0.25, 0.3) is 0 Å². The maximum absolute atomic E-state index is 11.8. The number of rotatable bonds is 4. The fourth-order valence-electron chi connectivity index (χ4n) is 3.43. The minimum atomic E-state index is 0. The van der Waals surface area contributed by atoms with Gasteiger partial charge in [-0.25, -0.2) is 0 Å². The quantitative estimate of drug-likeness (QED) is 0.839. The summed E-state index contributed by atoms with van der Waals surface area (Å²) in [6, 6.07) is 0. The molecule has 0 aromatic heterocycles. The van der Waals surface area contributed by atoms with Gasteiger partial charge in [-0.2, -0.15) is 0 Å². The van der Waals surface area contributed by atoms with Crippen LogP contribution in [0.4, 0.5) is 0 Å². The number of piperidine rings is 1. The van der Waals surface area contributed by atoms with Crippen molar-refractivity contribution in [2.45, 2.75) is 38.9 Å². The highest BCUT2D eigenvalue weighted by atomic mass is 35.5. The van der Waals surface area contributed by atoms with Gasteiger partial charge in [0.2, 0.25) is 5.91 Å². The van der Waals surface area contributed by atoms with Gasteiger partial charge in [-0.1, -0.05) is 0 Å². The van der Waals surface area contributed by atoms with E-state index in [1.54, 1.807) is 0 Å². The van der Waals surface area contributed by atoms with E-state index in [1.165, 1.54) is 0 Å². The molecule has 0 spiro atoms. The van der Waals surface area contributed by atoms with Gasteiger partial charge in [0, 0.05) is 32.7 Å². The van der Waals surface area contributed by atoms with Crippen LogP contribution in [0.5, 0.6) is 0 Å². The number of likely N-dealkylation sites (tertiary alicyclic amines) is 1. The third-order valence-electron chi connectivity index (χ3n) is 4.31. The SMILES string of the molecule is CNCC(=O)N1CCC(CN2CC(C)OC(C)C2)CC1.Cl. The highest BCUT2D eigenvalue weighted by molar-refractivity contribution is 5.85. The van der Waals surface area contributed by atoms with Crippen molar-refractivity contribution in [3.8, 4) is 0 Å². The van der Waals surface area contributed by atoms with Gasteiger partial charge in [0.25, 0.3) is 0 Å². The zero-order valence-electron chi connectivity index (χ0n) is 13.5. The Morgan fingerprint density at radius 3 is 2.29 bits per heavy atom. The van der Waals surface area contributed by atoms with Crippen molar-refractivity contribution in [3.63, 3.8) is 0 Å². The average Bonchev–Trinajstić information content (AvgIpc) is 2.38. The van der Waals surface area contributed by atoms with Gasteiger partial charge in [0.05, 0.1) is 18.8 Å². The zero-order chi connectivity index (χ0) is 14.5. The van der Waals surface area contributed by atoms with Crippen molar-refractivity contribution in [2.24, 2.45) is 5.92 Å². The molecule has 0 bridgehead atoms. The number of ether oxygens (including phenoxy) is 1. The van der Waals surface area contributed by atoms with Crippen molar-refractivity contribution >= 4 is 18.3 Å². The molecule has 2 saturated heterocycles. The molecule has 124 valence electrons. The van der Waals surface area contributed by atoms with E-state index >= 15 is 0 Å². The fraction of sp³-hybridized carbons (Fsp3) is 0.933. The summed E-state index contributed by atoms with van der Waals surface area (Å²) in [5.41, 5.74) is 0. The number of morpholine rings is 1. The van der Waals surface area contributed by atoms with Gasteiger partial charge in [-0.15, -0.1) is 12.4 Å². The van der Waals surface area contributed by atoms with E-state index < -0.39 is 0 Å². The first-order valence-corrected chi connectivity index (χ1v) is 7.88. The van der Waals surface area contributed by atoms with Crippen LogP contribution in [-0.4, -0.2) is 74.2 Å². The van der Waals surface area contributed by atoms with Gasteiger partial charge in [-0.05, 0) is 39.7 Å². The summed E-state index contributed by atoms with van der Waals surface area (Å²) >= 11 is 0. The molecule has 2 aliphatic heterocycles. The Morgan fingerprint density at radius 2 is 1.76 bits per heavy atom. The van der Waals surface area contributed by atoms with Crippen LogP contribution in [-0.2, 0) is 9.53 Å². The smallest absolute Gasteiger partial charge is 0.236 e. The Balaban J connectivity index is 0.00000220. The van der Waals surface area contributed by atoms with E-state index in [-0.39, 0.29) is 18.3 Å². The van der Waals surface area contributed by atoms with Crippen LogP contribution in [0.15, 0.2) is 0 Å². The molecule has 1 N–H and O–H groups in total. The molecule has 2 heterocycles. The summed E-state index contributed by atoms with van der Waals surface area (Å²) in [5, 5.41) is 2.94. The third kappa shape index (κ3) is 5.74. The van der Waals surface area contributed by atoms with Gasteiger partial charge in [0.1, 0.15) is 0 Å². The Kier molecular flexibility index (Phi) is 7.95. The van der Waals surface area contributed by atoms with Crippen molar-refractivity contribution in [1.82, 2.24) is 15.1 Å². The monoisotopic (exact) mass is 319 g/mol. The number of nitrogens with one attached hydrogen (secondary N) is 1.